The van der Waals surface area contributed by atoms with Gasteiger partial charge in [-0.1, -0.05) is 0 Å². The first-order chi connectivity index (χ1) is 4.27. The summed E-state index contributed by atoms with van der Waals surface area (Å²) >= 11 is 0. The molecule has 1 unspecified atom stereocenters. The van der Waals surface area contributed by atoms with Gasteiger partial charge in [-0.25, -0.2) is 0 Å². The zero-order valence-corrected chi connectivity index (χ0v) is 5.67. The molecule has 0 aromatic carbocycles. The quantitative estimate of drug-likeness (QED) is 0.254. The van der Waals surface area contributed by atoms with Crippen molar-refractivity contribution in [2.24, 2.45) is 0 Å². The van der Waals surface area contributed by atoms with Crippen LogP contribution < -0.4 is 0 Å². The Morgan fingerprint density at radius 3 is 2.89 bits per heavy atom. The second-order valence-corrected chi connectivity index (χ2v) is 1.37. The number of rotatable bonds is 4. The van der Waals surface area contributed by atoms with Crippen LogP contribution in [0.3, 0.4) is 0 Å². The SMILES string of the molecule is O=[N+]([O-])OC=CCOP. The maximum absolute atomic E-state index is 9.45. The molecular formula is C3H6NO4P. The highest BCUT2D eigenvalue weighted by molar-refractivity contribution is 7.09. The van der Waals surface area contributed by atoms with Gasteiger partial charge in [0, 0.05) is 9.47 Å². The van der Waals surface area contributed by atoms with Crippen LogP contribution in [0.4, 0.5) is 0 Å². The summed E-state index contributed by atoms with van der Waals surface area (Å²) in [7, 11) is 2.00. The Labute approximate surface area is 54.0 Å². The molecule has 0 radical (unpaired) electrons. The van der Waals surface area contributed by atoms with E-state index < -0.39 is 5.09 Å². The van der Waals surface area contributed by atoms with Crippen molar-refractivity contribution in [3.05, 3.63) is 22.5 Å². The highest BCUT2D eigenvalue weighted by Crippen LogP contribution is 1.85. The monoisotopic (exact) mass is 151 g/mol. The highest BCUT2D eigenvalue weighted by Gasteiger charge is 1.84. The van der Waals surface area contributed by atoms with E-state index in [1.54, 1.807) is 0 Å². The molecule has 0 spiro atoms. The van der Waals surface area contributed by atoms with Crippen molar-refractivity contribution in [3.63, 3.8) is 0 Å². The lowest BCUT2D eigenvalue weighted by Gasteiger charge is -1.86. The minimum atomic E-state index is -0.903. The molecule has 52 valence electrons. The molecule has 1 atom stereocenters. The fourth-order valence-electron chi connectivity index (χ4n) is 0.188. The van der Waals surface area contributed by atoms with Crippen molar-refractivity contribution in [3.8, 4) is 0 Å². The van der Waals surface area contributed by atoms with E-state index in [0.717, 1.165) is 6.26 Å². The lowest BCUT2D eigenvalue weighted by atomic mass is 10.7. The van der Waals surface area contributed by atoms with Gasteiger partial charge in [0.15, 0.2) is 0 Å². The summed E-state index contributed by atoms with van der Waals surface area (Å²) in [6.45, 7) is 0.276. The van der Waals surface area contributed by atoms with E-state index in [4.69, 9.17) is 0 Å². The Morgan fingerprint density at radius 2 is 2.44 bits per heavy atom. The minimum absolute atomic E-state index is 0.276. The number of hydrogen-bond donors (Lipinski definition) is 0. The fraction of sp³-hybridized carbons (Fsp3) is 0.333. The average molecular weight is 151 g/mol. The number of hydrogen-bond acceptors (Lipinski definition) is 4. The minimum Gasteiger partial charge on any atom is -0.362 e. The molecule has 0 heterocycles. The van der Waals surface area contributed by atoms with Gasteiger partial charge in [-0.2, -0.15) is 0 Å². The topological polar surface area (TPSA) is 61.6 Å². The molecule has 0 N–H and O–H groups in total. The van der Waals surface area contributed by atoms with E-state index in [0.29, 0.717) is 0 Å². The van der Waals surface area contributed by atoms with Crippen molar-refractivity contribution in [2.75, 3.05) is 6.61 Å². The van der Waals surface area contributed by atoms with Crippen molar-refractivity contribution in [1.82, 2.24) is 0 Å². The Morgan fingerprint density at radius 1 is 1.78 bits per heavy atom. The Kier molecular flexibility index (Phi) is 5.06. The fourth-order valence-corrected chi connectivity index (χ4v) is 0.299. The zero-order chi connectivity index (χ0) is 7.11. The van der Waals surface area contributed by atoms with E-state index in [1.165, 1.54) is 6.08 Å². The lowest BCUT2D eigenvalue weighted by Crippen LogP contribution is -1.92. The van der Waals surface area contributed by atoms with Crippen molar-refractivity contribution < 1.29 is 14.4 Å². The molecule has 0 amide bonds. The first-order valence-electron chi connectivity index (χ1n) is 2.05. The molecule has 0 aliphatic heterocycles. The van der Waals surface area contributed by atoms with Gasteiger partial charge >= 0.3 is 0 Å². The largest absolute Gasteiger partial charge is 0.362 e. The summed E-state index contributed by atoms with van der Waals surface area (Å²) < 4.78 is 4.45. The van der Waals surface area contributed by atoms with Crippen LogP contribution in [0.15, 0.2) is 12.3 Å². The normalized spacial score (nSPS) is 9.89. The molecule has 0 rings (SSSR count). The molecular weight excluding hydrogens is 145 g/mol. The van der Waals surface area contributed by atoms with Gasteiger partial charge in [-0.05, 0) is 6.08 Å². The van der Waals surface area contributed by atoms with E-state index in [9.17, 15) is 10.1 Å². The second-order valence-electron chi connectivity index (χ2n) is 1.03. The van der Waals surface area contributed by atoms with Gasteiger partial charge in [0.2, 0.25) is 0 Å². The van der Waals surface area contributed by atoms with Crippen LogP contribution in [-0.4, -0.2) is 11.7 Å². The van der Waals surface area contributed by atoms with Gasteiger partial charge in [0.1, 0.15) is 0 Å². The van der Waals surface area contributed by atoms with Crippen LogP contribution in [0.2, 0.25) is 0 Å². The predicted molar refractivity (Wildman–Crippen MR) is 32.9 cm³/mol. The molecule has 0 aliphatic rings. The molecule has 0 aliphatic carbocycles. The third-order valence-electron chi connectivity index (χ3n) is 0.436. The van der Waals surface area contributed by atoms with Crippen LogP contribution in [0, 0.1) is 10.1 Å². The summed E-state index contributed by atoms with van der Waals surface area (Å²) in [4.78, 5) is 13.2. The van der Waals surface area contributed by atoms with E-state index in [-0.39, 0.29) is 6.61 Å². The average Bonchev–Trinajstić information content (AvgIpc) is 1.80. The van der Waals surface area contributed by atoms with Crippen LogP contribution in [0.5, 0.6) is 0 Å². The first-order valence-corrected chi connectivity index (χ1v) is 2.52. The second kappa shape index (κ2) is 5.47. The molecule has 0 saturated heterocycles. The van der Waals surface area contributed by atoms with Gasteiger partial charge in [0.25, 0.3) is 5.09 Å². The first kappa shape index (κ1) is 8.33. The molecule has 0 bridgehead atoms. The van der Waals surface area contributed by atoms with E-state index in [1.807, 2.05) is 9.47 Å². The maximum atomic E-state index is 9.45. The smallest absolute Gasteiger partial charge is 0.299 e. The summed E-state index contributed by atoms with van der Waals surface area (Å²) in [5.74, 6) is 0. The maximum Gasteiger partial charge on any atom is 0.299 e. The zero-order valence-electron chi connectivity index (χ0n) is 4.52. The summed E-state index contributed by atoms with van der Waals surface area (Å²) in [5.41, 5.74) is 0. The van der Waals surface area contributed by atoms with E-state index in [2.05, 4.69) is 9.36 Å². The summed E-state index contributed by atoms with van der Waals surface area (Å²) in [6, 6.07) is 0. The van der Waals surface area contributed by atoms with Gasteiger partial charge in [-0.3, -0.25) is 4.84 Å². The van der Waals surface area contributed by atoms with Crippen molar-refractivity contribution in [1.29, 1.82) is 0 Å². The van der Waals surface area contributed by atoms with E-state index >= 15 is 0 Å². The van der Waals surface area contributed by atoms with Gasteiger partial charge < -0.3 is 4.52 Å². The van der Waals surface area contributed by atoms with Crippen molar-refractivity contribution >= 4 is 9.47 Å². The lowest BCUT2D eigenvalue weighted by molar-refractivity contribution is -0.737. The molecule has 5 nitrogen and oxygen atoms in total. The third-order valence-corrected chi connectivity index (χ3v) is 0.628. The molecule has 0 aromatic heterocycles. The Balaban J connectivity index is 3.14. The Bertz CT molecular complexity index is 114. The molecule has 9 heavy (non-hydrogen) atoms. The van der Waals surface area contributed by atoms with Gasteiger partial charge in [-0.15, -0.1) is 10.1 Å². The van der Waals surface area contributed by atoms with Crippen LogP contribution in [-0.2, 0) is 9.36 Å². The van der Waals surface area contributed by atoms with Crippen LogP contribution in [0.1, 0.15) is 0 Å². The third kappa shape index (κ3) is 7.33. The Hall–Kier alpha value is -0.670. The highest BCUT2D eigenvalue weighted by atomic mass is 31.0. The van der Waals surface area contributed by atoms with Gasteiger partial charge in [0.05, 0.1) is 12.9 Å². The van der Waals surface area contributed by atoms with Crippen molar-refractivity contribution in [2.45, 2.75) is 0 Å². The van der Waals surface area contributed by atoms with Crippen LogP contribution in [0.25, 0.3) is 0 Å². The molecule has 0 aromatic rings. The number of nitrogens with zero attached hydrogens (tertiary/aromatic N) is 1. The molecule has 6 heteroatoms. The molecule has 0 saturated carbocycles. The standard InChI is InChI=1S/C3H6NO4P/c5-4(6)7-2-1-3-8-9/h1-2H,3,9H2. The van der Waals surface area contributed by atoms with Crippen LogP contribution >= 0.6 is 9.47 Å². The predicted octanol–water partition coefficient (Wildman–Crippen LogP) is 0.515. The summed E-state index contributed by atoms with van der Waals surface area (Å²) in [5, 5.41) is 8.55. The molecule has 0 fully saturated rings. The summed E-state index contributed by atoms with van der Waals surface area (Å²) in [6.07, 6.45) is 2.32.